The minimum absolute atomic E-state index is 0.131. The van der Waals surface area contributed by atoms with Crippen LogP contribution in [0.3, 0.4) is 0 Å². The Bertz CT molecular complexity index is 583. The molecule has 1 fully saturated rings. The molecule has 2 N–H and O–H groups in total. The number of amides is 4. The highest BCUT2D eigenvalue weighted by molar-refractivity contribution is 6.04. The standard InChI is InChI=1S/C13H19N5O4/c1-7(2)12-15-9(17-22-12)6-18(3)10(19)5-4-8-11(20)16-13(21)14-8/h7-8H,4-6H2,1-3H3,(H2,14,16,20,21). The molecule has 0 bridgehead atoms. The zero-order valence-corrected chi connectivity index (χ0v) is 12.8. The molecule has 22 heavy (non-hydrogen) atoms. The van der Waals surface area contributed by atoms with Gasteiger partial charge in [0, 0.05) is 19.4 Å². The highest BCUT2D eigenvalue weighted by Crippen LogP contribution is 2.12. The average molecular weight is 309 g/mol. The summed E-state index contributed by atoms with van der Waals surface area (Å²) >= 11 is 0. The second-order valence-electron chi connectivity index (χ2n) is 5.51. The van der Waals surface area contributed by atoms with Crippen molar-refractivity contribution in [2.24, 2.45) is 0 Å². The van der Waals surface area contributed by atoms with Gasteiger partial charge in [0.2, 0.25) is 11.8 Å². The lowest BCUT2D eigenvalue weighted by atomic mass is 10.1. The Hall–Kier alpha value is -2.45. The zero-order chi connectivity index (χ0) is 16.3. The van der Waals surface area contributed by atoms with Crippen molar-refractivity contribution in [2.45, 2.75) is 45.2 Å². The molecule has 0 aromatic carbocycles. The maximum atomic E-state index is 12.0. The second-order valence-corrected chi connectivity index (χ2v) is 5.51. The smallest absolute Gasteiger partial charge is 0.322 e. The molecule has 1 aromatic rings. The number of carbonyl (C=O) groups is 3. The third kappa shape index (κ3) is 3.80. The Morgan fingerprint density at radius 1 is 1.41 bits per heavy atom. The molecular formula is C13H19N5O4. The lowest BCUT2D eigenvalue weighted by Crippen LogP contribution is -2.32. The molecule has 0 radical (unpaired) electrons. The summed E-state index contributed by atoms with van der Waals surface area (Å²) in [6.45, 7) is 4.11. The van der Waals surface area contributed by atoms with Gasteiger partial charge < -0.3 is 14.7 Å². The molecule has 1 aliphatic rings. The molecule has 1 saturated heterocycles. The number of hydrogen-bond donors (Lipinski definition) is 2. The molecule has 2 heterocycles. The van der Waals surface area contributed by atoms with Gasteiger partial charge in [0.05, 0.1) is 6.54 Å². The van der Waals surface area contributed by atoms with Crippen molar-refractivity contribution in [1.82, 2.24) is 25.7 Å². The van der Waals surface area contributed by atoms with Crippen LogP contribution in [-0.2, 0) is 16.1 Å². The van der Waals surface area contributed by atoms with E-state index in [1.54, 1.807) is 7.05 Å². The number of aromatic nitrogens is 2. The van der Waals surface area contributed by atoms with Crippen LogP contribution in [0.1, 0.15) is 44.3 Å². The van der Waals surface area contributed by atoms with E-state index < -0.39 is 18.0 Å². The van der Waals surface area contributed by atoms with Crippen molar-refractivity contribution < 1.29 is 18.9 Å². The van der Waals surface area contributed by atoms with Crippen molar-refractivity contribution >= 4 is 17.8 Å². The predicted octanol–water partition coefficient (Wildman–Crippen LogP) is 0.140. The minimum Gasteiger partial charge on any atom is -0.339 e. The van der Waals surface area contributed by atoms with Crippen LogP contribution in [0.25, 0.3) is 0 Å². The highest BCUT2D eigenvalue weighted by atomic mass is 16.5. The van der Waals surface area contributed by atoms with Crippen LogP contribution < -0.4 is 10.6 Å². The summed E-state index contributed by atoms with van der Waals surface area (Å²) in [5, 5.41) is 8.40. The van der Waals surface area contributed by atoms with Gasteiger partial charge in [-0.3, -0.25) is 14.9 Å². The van der Waals surface area contributed by atoms with E-state index in [0.29, 0.717) is 11.7 Å². The van der Waals surface area contributed by atoms with Gasteiger partial charge >= 0.3 is 6.03 Å². The Morgan fingerprint density at radius 3 is 2.68 bits per heavy atom. The van der Waals surface area contributed by atoms with E-state index in [4.69, 9.17) is 4.52 Å². The summed E-state index contributed by atoms with van der Waals surface area (Å²) < 4.78 is 5.07. The maximum Gasteiger partial charge on any atom is 0.322 e. The first-order valence-electron chi connectivity index (χ1n) is 7.04. The van der Waals surface area contributed by atoms with E-state index in [0.717, 1.165) is 0 Å². The molecule has 1 atom stereocenters. The van der Waals surface area contributed by atoms with Crippen LogP contribution in [0.5, 0.6) is 0 Å². The van der Waals surface area contributed by atoms with E-state index >= 15 is 0 Å². The Kier molecular flexibility index (Phi) is 4.74. The molecule has 9 heteroatoms. The first kappa shape index (κ1) is 15.9. The van der Waals surface area contributed by atoms with Crippen LogP contribution in [0.4, 0.5) is 4.79 Å². The van der Waals surface area contributed by atoms with Crippen LogP contribution in [0.15, 0.2) is 4.52 Å². The predicted molar refractivity (Wildman–Crippen MR) is 74.6 cm³/mol. The van der Waals surface area contributed by atoms with Gasteiger partial charge in [-0.1, -0.05) is 19.0 Å². The third-order valence-electron chi connectivity index (χ3n) is 3.29. The average Bonchev–Trinajstić information content (AvgIpc) is 3.02. The SMILES string of the molecule is CC(C)c1nc(CN(C)C(=O)CCC2NC(=O)NC2=O)no1. The first-order valence-corrected chi connectivity index (χ1v) is 7.04. The quantitative estimate of drug-likeness (QED) is 0.722. The molecule has 120 valence electrons. The molecule has 1 unspecified atom stereocenters. The van der Waals surface area contributed by atoms with Gasteiger partial charge in [-0.15, -0.1) is 0 Å². The number of rotatable bonds is 6. The third-order valence-corrected chi connectivity index (χ3v) is 3.29. The Morgan fingerprint density at radius 2 is 2.14 bits per heavy atom. The van der Waals surface area contributed by atoms with E-state index in [2.05, 4.69) is 20.8 Å². The number of hydrogen-bond acceptors (Lipinski definition) is 6. The summed E-state index contributed by atoms with van der Waals surface area (Å²) in [7, 11) is 1.63. The molecule has 9 nitrogen and oxygen atoms in total. The van der Waals surface area contributed by atoms with Crippen molar-refractivity contribution in [3.05, 3.63) is 11.7 Å². The topological polar surface area (TPSA) is 117 Å². The lowest BCUT2D eigenvalue weighted by Gasteiger charge is -2.15. The second kappa shape index (κ2) is 6.54. The fourth-order valence-electron chi connectivity index (χ4n) is 1.99. The summed E-state index contributed by atoms with van der Waals surface area (Å²) in [4.78, 5) is 40.0. The molecule has 0 spiro atoms. The van der Waals surface area contributed by atoms with Crippen LogP contribution >= 0.6 is 0 Å². The lowest BCUT2D eigenvalue weighted by molar-refractivity contribution is -0.130. The van der Waals surface area contributed by atoms with Gasteiger partial charge in [-0.25, -0.2) is 4.79 Å². The molecule has 0 aliphatic carbocycles. The summed E-state index contributed by atoms with van der Waals surface area (Å²) in [5.41, 5.74) is 0. The first-order chi connectivity index (χ1) is 10.4. The largest absolute Gasteiger partial charge is 0.339 e. The molecule has 0 saturated carbocycles. The normalized spacial score (nSPS) is 17.5. The monoisotopic (exact) mass is 309 g/mol. The number of carbonyl (C=O) groups excluding carboxylic acids is 3. The summed E-state index contributed by atoms with van der Waals surface area (Å²) in [6, 6.07) is -1.17. The zero-order valence-electron chi connectivity index (χ0n) is 12.8. The van der Waals surface area contributed by atoms with Gasteiger partial charge in [0.1, 0.15) is 6.04 Å². The number of nitrogens with zero attached hydrogens (tertiary/aromatic N) is 3. The minimum atomic E-state index is -0.650. The van der Waals surface area contributed by atoms with E-state index in [1.807, 2.05) is 13.8 Å². The molecular weight excluding hydrogens is 290 g/mol. The summed E-state index contributed by atoms with van der Waals surface area (Å²) in [6.07, 6.45) is 0.397. The van der Waals surface area contributed by atoms with Crippen LogP contribution in [0.2, 0.25) is 0 Å². The van der Waals surface area contributed by atoms with E-state index in [1.165, 1.54) is 4.90 Å². The van der Waals surface area contributed by atoms with Gasteiger partial charge in [-0.2, -0.15) is 4.98 Å². The number of urea groups is 1. The van der Waals surface area contributed by atoms with Crippen molar-refractivity contribution in [3.63, 3.8) is 0 Å². The molecule has 1 aromatic heterocycles. The van der Waals surface area contributed by atoms with Crippen molar-refractivity contribution in [2.75, 3.05) is 7.05 Å². The Labute approximate surface area is 127 Å². The van der Waals surface area contributed by atoms with Gasteiger partial charge in [0.25, 0.3) is 5.91 Å². The molecule has 2 rings (SSSR count). The highest BCUT2D eigenvalue weighted by Gasteiger charge is 2.29. The van der Waals surface area contributed by atoms with Crippen molar-refractivity contribution in [1.29, 1.82) is 0 Å². The molecule has 1 aliphatic heterocycles. The fraction of sp³-hybridized carbons (Fsp3) is 0.615. The van der Waals surface area contributed by atoms with E-state index in [-0.39, 0.29) is 31.2 Å². The Balaban J connectivity index is 1.81. The van der Waals surface area contributed by atoms with Gasteiger partial charge in [-0.05, 0) is 6.42 Å². The van der Waals surface area contributed by atoms with E-state index in [9.17, 15) is 14.4 Å². The fourth-order valence-corrected chi connectivity index (χ4v) is 1.99. The summed E-state index contributed by atoms with van der Waals surface area (Å²) in [5.74, 6) is 0.532. The van der Waals surface area contributed by atoms with Crippen LogP contribution in [-0.4, -0.2) is 46.0 Å². The van der Waals surface area contributed by atoms with Gasteiger partial charge in [0.15, 0.2) is 5.82 Å². The molecule has 4 amide bonds. The maximum absolute atomic E-state index is 12.0. The van der Waals surface area contributed by atoms with Crippen LogP contribution in [0, 0.1) is 0 Å². The number of nitrogens with one attached hydrogen (secondary N) is 2. The number of imide groups is 1. The van der Waals surface area contributed by atoms with Crippen molar-refractivity contribution in [3.8, 4) is 0 Å².